The van der Waals surface area contributed by atoms with Gasteiger partial charge in [0, 0.05) is 16.8 Å². The molecule has 22 heavy (non-hydrogen) atoms. The number of anilines is 1. The third kappa shape index (κ3) is 4.57. The number of aromatic nitrogens is 2. The predicted molar refractivity (Wildman–Crippen MR) is 85.7 cm³/mol. The second kappa shape index (κ2) is 6.93. The van der Waals surface area contributed by atoms with E-state index >= 15 is 0 Å². The van der Waals surface area contributed by atoms with Gasteiger partial charge in [-0.2, -0.15) is 5.10 Å². The van der Waals surface area contributed by atoms with Crippen LogP contribution >= 0.6 is 11.6 Å². The lowest BCUT2D eigenvalue weighted by Crippen LogP contribution is -2.25. The third-order valence-electron chi connectivity index (χ3n) is 3.02. The summed E-state index contributed by atoms with van der Waals surface area (Å²) >= 11 is 5.83. The molecule has 0 aliphatic carbocycles. The van der Waals surface area contributed by atoms with E-state index in [0.29, 0.717) is 17.4 Å². The normalized spacial score (nSPS) is 11.4. The van der Waals surface area contributed by atoms with E-state index in [1.54, 1.807) is 29.1 Å². The molecule has 0 radical (unpaired) electrons. The second-order valence-electron chi connectivity index (χ2n) is 4.73. The van der Waals surface area contributed by atoms with Crippen molar-refractivity contribution in [2.24, 2.45) is 0 Å². The summed E-state index contributed by atoms with van der Waals surface area (Å²) in [6, 6.07) is 8.87. The Bertz CT molecular complexity index is 754. The van der Waals surface area contributed by atoms with E-state index < -0.39 is 21.5 Å². The molecule has 0 aliphatic rings. The van der Waals surface area contributed by atoms with Gasteiger partial charge in [0.15, 0.2) is 9.84 Å². The first-order valence-corrected chi connectivity index (χ1v) is 8.86. The van der Waals surface area contributed by atoms with Gasteiger partial charge >= 0.3 is 0 Å². The van der Waals surface area contributed by atoms with Crippen molar-refractivity contribution in [1.82, 2.24) is 9.78 Å². The Labute approximate surface area is 134 Å². The van der Waals surface area contributed by atoms with E-state index in [4.69, 9.17) is 11.6 Å². The minimum Gasteiger partial charge on any atom is -0.310 e. The summed E-state index contributed by atoms with van der Waals surface area (Å²) in [6.45, 7) is 1.95. The summed E-state index contributed by atoms with van der Waals surface area (Å²) in [5.74, 6) is -0.717. The first kappa shape index (κ1) is 16.5. The van der Waals surface area contributed by atoms with Crippen LogP contribution in [0.5, 0.6) is 0 Å². The number of rotatable bonds is 6. The third-order valence-corrected chi connectivity index (χ3v) is 4.85. The molecular formula is C14H16ClN3O3S. The molecule has 0 bridgehead atoms. The van der Waals surface area contributed by atoms with Gasteiger partial charge in [-0.25, -0.2) is 13.1 Å². The molecule has 1 amide bonds. The highest BCUT2D eigenvalue weighted by atomic mass is 35.5. The predicted octanol–water partition coefficient (Wildman–Crippen LogP) is 1.96. The maximum Gasteiger partial charge on any atom is 0.240 e. The van der Waals surface area contributed by atoms with Gasteiger partial charge in [0.25, 0.3) is 0 Å². The monoisotopic (exact) mass is 341 g/mol. The lowest BCUT2D eigenvalue weighted by molar-refractivity contribution is -0.113. The topological polar surface area (TPSA) is 81.1 Å². The highest BCUT2D eigenvalue weighted by molar-refractivity contribution is 7.92. The molecule has 0 aliphatic heterocycles. The summed E-state index contributed by atoms with van der Waals surface area (Å²) < 4.78 is 24.5. The molecular weight excluding hydrogens is 326 g/mol. The Morgan fingerprint density at radius 1 is 1.27 bits per heavy atom. The number of hydrogen-bond donors (Lipinski definition) is 1. The average molecular weight is 342 g/mol. The van der Waals surface area contributed by atoms with Crippen LogP contribution in [0.25, 0.3) is 0 Å². The van der Waals surface area contributed by atoms with Crippen LogP contribution in [0.15, 0.2) is 36.5 Å². The van der Waals surface area contributed by atoms with Crippen molar-refractivity contribution in [2.75, 3.05) is 16.8 Å². The van der Waals surface area contributed by atoms with Crippen LogP contribution in [0.3, 0.4) is 0 Å². The van der Waals surface area contributed by atoms with Crippen molar-refractivity contribution >= 4 is 33.2 Å². The molecule has 2 rings (SSSR count). The number of nitrogens with zero attached hydrogens (tertiary/aromatic N) is 2. The minimum absolute atomic E-state index is 0.0650. The van der Waals surface area contributed by atoms with E-state index in [2.05, 4.69) is 10.4 Å². The van der Waals surface area contributed by atoms with Gasteiger partial charge in [-0.15, -0.1) is 0 Å². The van der Waals surface area contributed by atoms with Crippen molar-refractivity contribution < 1.29 is 13.2 Å². The molecule has 0 atom stereocenters. The van der Waals surface area contributed by atoms with Crippen LogP contribution in [-0.4, -0.2) is 35.6 Å². The molecule has 1 aromatic heterocycles. The van der Waals surface area contributed by atoms with Gasteiger partial charge in [0.1, 0.15) is 11.6 Å². The van der Waals surface area contributed by atoms with Crippen LogP contribution in [0, 0.1) is 0 Å². The first-order chi connectivity index (χ1) is 10.4. The summed E-state index contributed by atoms with van der Waals surface area (Å²) in [5, 5.41) is 7.33. The molecule has 0 spiro atoms. The molecule has 6 nitrogen and oxygen atoms in total. The number of sulfone groups is 1. The van der Waals surface area contributed by atoms with Crippen molar-refractivity contribution in [3.05, 3.63) is 47.1 Å². The average Bonchev–Trinajstić information content (AvgIpc) is 2.88. The maximum absolute atomic E-state index is 11.8. The summed E-state index contributed by atoms with van der Waals surface area (Å²) in [5.41, 5.74) is 0.963. The zero-order valence-electron chi connectivity index (χ0n) is 12.0. The van der Waals surface area contributed by atoms with Gasteiger partial charge in [-0.1, -0.05) is 30.7 Å². The van der Waals surface area contributed by atoms with E-state index in [-0.39, 0.29) is 5.75 Å². The number of amides is 1. The van der Waals surface area contributed by atoms with Crippen LogP contribution in [-0.2, 0) is 21.2 Å². The Morgan fingerprint density at radius 3 is 2.59 bits per heavy atom. The van der Waals surface area contributed by atoms with Crippen LogP contribution in [0.2, 0.25) is 5.02 Å². The number of benzene rings is 1. The quantitative estimate of drug-likeness (QED) is 0.870. The van der Waals surface area contributed by atoms with Gasteiger partial charge in [0.05, 0.1) is 12.7 Å². The number of halogens is 1. The summed E-state index contributed by atoms with van der Waals surface area (Å²) in [6.07, 6.45) is 1.54. The lowest BCUT2D eigenvalue weighted by atomic mass is 10.2. The fraction of sp³-hybridized carbons (Fsp3) is 0.286. The van der Waals surface area contributed by atoms with E-state index in [9.17, 15) is 13.2 Å². The maximum atomic E-state index is 11.8. The number of nitrogens with one attached hydrogen (secondary N) is 1. The Kier molecular flexibility index (Phi) is 5.20. The van der Waals surface area contributed by atoms with Crippen LogP contribution < -0.4 is 5.32 Å². The van der Waals surface area contributed by atoms with Gasteiger partial charge in [-0.3, -0.25) is 4.79 Å². The highest BCUT2D eigenvalue weighted by Gasteiger charge is 2.15. The lowest BCUT2D eigenvalue weighted by Gasteiger charge is -2.09. The second-order valence-corrected chi connectivity index (χ2v) is 7.51. The van der Waals surface area contributed by atoms with Crippen LogP contribution in [0.4, 0.5) is 5.82 Å². The number of carbonyl (C=O) groups is 1. The molecule has 1 heterocycles. The standard InChI is InChI=1S/C14H16ClN3O3S/c1-2-22(20,21)10-14(19)17-13-7-8-16-18(13)9-11-3-5-12(15)6-4-11/h3-8H,2,9-10H2,1H3,(H,17,19). The molecule has 0 saturated heterocycles. The molecule has 1 aromatic carbocycles. The SMILES string of the molecule is CCS(=O)(=O)CC(=O)Nc1ccnn1Cc1ccc(Cl)cc1. The Hall–Kier alpha value is -1.86. The molecule has 1 N–H and O–H groups in total. The van der Waals surface area contributed by atoms with Crippen LogP contribution in [0.1, 0.15) is 12.5 Å². The Morgan fingerprint density at radius 2 is 1.95 bits per heavy atom. The van der Waals surface area contributed by atoms with Crippen molar-refractivity contribution in [3.8, 4) is 0 Å². The fourth-order valence-electron chi connectivity index (χ4n) is 1.81. The fourth-order valence-corrected chi connectivity index (χ4v) is 2.61. The highest BCUT2D eigenvalue weighted by Crippen LogP contribution is 2.13. The zero-order valence-corrected chi connectivity index (χ0v) is 13.6. The largest absolute Gasteiger partial charge is 0.310 e. The molecule has 0 unspecified atom stereocenters. The van der Waals surface area contributed by atoms with E-state index in [1.165, 1.54) is 6.92 Å². The first-order valence-electron chi connectivity index (χ1n) is 6.66. The van der Waals surface area contributed by atoms with Gasteiger partial charge in [-0.05, 0) is 17.7 Å². The van der Waals surface area contributed by atoms with Crippen molar-refractivity contribution in [2.45, 2.75) is 13.5 Å². The number of hydrogen-bond acceptors (Lipinski definition) is 4. The minimum atomic E-state index is -3.35. The van der Waals surface area contributed by atoms with Gasteiger partial charge < -0.3 is 5.32 Å². The number of carbonyl (C=O) groups excluding carboxylic acids is 1. The van der Waals surface area contributed by atoms with E-state index in [1.807, 2.05) is 12.1 Å². The van der Waals surface area contributed by atoms with Crippen molar-refractivity contribution in [1.29, 1.82) is 0 Å². The molecule has 8 heteroatoms. The van der Waals surface area contributed by atoms with Gasteiger partial charge in [0.2, 0.25) is 5.91 Å². The van der Waals surface area contributed by atoms with E-state index in [0.717, 1.165) is 5.56 Å². The summed E-state index contributed by atoms with van der Waals surface area (Å²) in [4.78, 5) is 11.8. The Balaban J connectivity index is 2.06. The summed E-state index contributed by atoms with van der Waals surface area (Å²) in [7, 11) is -3.35. The van der Waals surface area contributed by atoms with Crippen molar-refractivity contribution in [3.63, 3.8) is 0 Å². The molecule has 2 aromatic rings. The molecule has 0 saturated carbocycles. The zero-order chi connectivity index (χ0) is 16.2. The molecule has 118 valence electrons. The smallest absolute Gasteiger partial charge is 0.240 e. The molecule has 0 fully saturated rings.